The van der Waals surface area contributed by atoms with Crippen LogP contribution in [0.15, 0.2) is 57.4 Å². The van der Waals surface area contributed by atoms with Gasteiger partial charge in [-0.1, -0.05) is 35.9 Å². The van der Waals surface area contributed by atoms with Crippen molar-refractivity contribution in [3.05, 3.63) is 58.0 Å². The molecule has 0 fully saturated rings. The Morgan fingerprint density at radius 3 is 2.63 bits per heavy atom. The van der Waals surface area contributed by atoms with E-state index in [0.717, 1.165) is 31.8 Å². The molecule has 0 aliphatic carbocycles. The lowest BCUT2D eigenvalue weighted by atomic mass is 10.1. The Morgan fingerprint density at radius 1 is 0.895 bits per heavy atom. The van der Waals surface area contributed by atoms with Crippen molar-refractivity contribution in [1.82, 2.24) is 0 Å². The predicted molar refractivity (Wildman–Crippen MR) is 83.9 cm³/mol. The van der Waals surface area contributed by atoms with Crippen molar-refractivity contribution >= 4 is 60.2 Å². The summed E-state index contributed by atoms with van der Waals surface area (Å²) in [6.07, 6.45) is 0. The number of fused-ring (bicyclic) bond motifs is 4. The third-order valence-electron chi connectivity index (χ3n) is 3.38. The van der Waals surface area contributed by atoms with Gasteiger partial charge < -0.3 is 4.42 Å². The Balaban J connectivity index is 2.30. The van der Waals surface area contributed by atoms with Gasteiger partial charge in [0, 0.05) is 26.3 Å². The second-order valence-corrected chi connectivity index (χ2v) is 5.76. The zero-order valence-electron chi connectivity index (χ0n) is 9.78. The molecule has 0 saturated heterocycles. The largest absolute Gasteiger partial charge is 0.456 e. The molecule has 1 heterocycles. The van der Waals surface area contributed by atoms with Crippen LogP contribution in [-0.2, 0) is 0 Å². The maximum Gasteiger partial charge on any atom is 0.137 e. The van der Waals surface area contributed by atoms with E-state index in [2.05, 4.69) is 34.1 Å². The first-order valence-corrected chi connectivity index (χ1v) is 7.10. The summed E-state index contributed by atoms with van der Waals surface area (Å²) in [5.74, 6) is 0. The van der Waals surface area contributed by atoms with Crippen molar-refractivity contribution in [2.24, 2.45) is 0 Å². The SMILES string of the molecule is Clc1ccc2c(c1)oc1cc3ccccc3c(Br)c12. The molecule has 92 valence electrons. The van der Waals surface area contributed by atoms with Gasteiger partial charge in [0.2, 0.25) is 0 Å². The zero-order valence-corrected chi connectivity index (χ0v) is 12.1. The van der Waals surface area contributed by atoms with Gasteiger partial charge in [0.1, 0.15) is 11.2 Å². The smallest absolute Gasteiger partial charge is 0.137 e. The monoisotopic (exact) mass is 330 g/mol. The molecule has 1 nitrogen and oxygen atoms in total. The molecule has 1 aromatic heterocycles. The quantitative estimate of drug-likeness (QED) is 0.376. The predicted octanol–water partition coefficient (Wildman–Crippen LogP) is 6.16. The van der Waals surface area contributed by atoms with Gasteiger partial charge in [0.05, 0.1) is 0 Å². The summed E-state index contributed by atoms with van der Waals surface area (Å²) in [4.78, 5) is 0. The molecule has 0 N–H and O–H groups in total. The molecule has 0 aliphatic rings. The fourth-order valence-corrected chi connectivity index (χ4v) is 3.45. The van der Waals surface area contributed by atoms with E-state index < -0.39 is 0 Å². The Bertz CT molecular complexity index is 940. The van der Waals surface area contributed by atoms with Crippen molar-refractivity contribution in [2.45, 2.75) is 0 Å². The molecule has 19 heavy (non-hydrogen) atoms. The molecule has 0 saturated carbocycles. The molecule has 4 rings (SSSR count). The van der Waals surface area contributed by atoms with Crippen LogP contribution in [0.3, 0.4) is 0 Å². The number of hydrogen-bond acceptors (Lipinski definition) is 1. The zero-order chi connectivity index (χ0) is 13.0. The molecule has 4 aromatic rings. The minimum absolute atomic E-state index is 0.687. The topological polar surface area (TPSA) is 13.1 Å². The van der Waals surface area contributed by atoms with Gasteiger partial charge in [-0.05, 0) is 44.9 Å². The summed E-state index contributed by atoms with van der Waals surface area (Å²) in [5.41, 5.74) is 1.70. The first kappa shape index (κ1) is 11.3. The summed E-state index contributed by atoms with van der Waals surface area (Å²) in [5, 5.41) is 5.22. The highest BCUT2D eigenvalue weighted by molar-refractivity contribution is 9.10. The first-order valence-electron chi connectivity index (χ1n) is 5.93. The summed E-state index contributed by atoms with van der Waals surface area (Å²) in [6.45, 7) is 0. The summed E-state index contributed by atoms with van der Waals surface area (Å²) >= 11 is 9.73. The van der Waals surface area contributed by atoms with Crippen molar-refractivity contribution in [3.63, 3.8) is 0 Å². The molecule has 0 radical (unpaired) electrons. The molecule has 0 bridgehead atoms. The molecule has 0 spiro atoms. The normalized spacial score (nSPS) is 11.7. The molecule has 0 amide bonds. The van der Waals surface area contributed by atoms with E-state index in [1.54, 1.807) is 0 Å². The van der Waals surface area contributed by atoms with Crippen LogP contribution in [0.2, 0.25) is 5.02 Å². The number of benzene rings is 3. The molecule has 3 heteroatoms. The van der Waals surface area contributed by atoms with Gasteiger partial charge in [-0.15, -0.1) is 0 Å². The van der Waals surface area contributed by atoms with E-state index in [-0.39, 0.29) is 0 Å². The second kappa shape index (κ2) is 3.99. The van der Waals surface area contributed by atoms with E-state index in [1.165, 1.54) is 5.39 Å². The summed E-state index contributed by atoms with van der Waals surface area (Å²) in [6, 6.07) is 16.1. The van der Waals surface area contributed by atoms with Crippen molar-refractivity contribution in [3.8, 4) is 0 Å². The lowest BCUT2D eigenvalue weighted by molar-refractivity contribution is 0.669. The minimum Gasteiger partial charge on any atom is -0.456 e. The highest BCUT2D eigenvalue weighted by Gasteiger charge is 2.13. The average Bonchev–Trinajstić information content (AvgIpc) is 2.76. The fourth-order valence-electron chi connectivity index (χ4n) is 2.52. The minimum atomic E-state index is 0.687. The van der Waals surface area contributed by atoms with E-state index in [1.807, 2.05) is 30.3 Å². The number of halogens is 2. The van der Waals surface area contributed by atoms with E-state index in [4.69, 9.17) is 16.0 Å². The third-order valence-corrected chi connectivity index (χ3v) is 4.44. The molecular weight excluding hydrogens is 324 g/mol. The van der Waals surface area contributed by atoms with E-state index in [0.29, 0.717) is 5.02 Å². The van der Waals surface area contributed by atoms with Crippen molar-refractivity contribution < 1.29 is 4.42 Å². The van der Waals surface area contributed by atoms with Gasteiger partial charge in [-0.2, -0.15) is 0 Å². The summed E-state index contributed by atoms with van der Waals surface area (Å²) in [7, 11) is 0. The van der Waals surface area contributed by atoms with Gasteiger partial charge in [0.25, 0.3) is 0 Å². The van der Waals surface area contributed by atoms with Gasteiger partial charge in [-0.3, -0.25) is 0 Å². The number of hydrogen-bond donors (Lipinski definition) is 0. The van der Waals surface area contributed by atoms with Gasteiger partial charge in [-0.25, -0.2) is 0 Å². The van der Waals surface area contributed by atoms with Gasteiger partial charge in [0.15, 0.2) is 0 Å². The number of furan rings is 1. The van der Waals surface area contributed by atoms with Crippen LogP contribution >= 0.6 is 27.5 Å². The Hall–Kier alpha value is -1.51. The standard InChI is InChI=1S/C16H8BrClO/c17-16-11-4-2-1-3-9(11)7-14-15(16)12-6-5-10(18)8-13(12)19-14/h1-8H. The summed E-state index contributed by atoms with van der Waals surface area (Å²) < 4.78 is 6.98. The van der Waals surface area contributed by atoms with E-state index >= 15 is 0 Å². The maximum atomic E-state index is 6.02. The Morgan fingerprint density at radius 2 is 1.74 bits per heavy atom. The molecule has 0 unspecified atom stereocenters. The maximum absolute atomic E-state index is 6.02. The van der Waals surface area contributed by atoms with Crippen LogP contribution in [0.5, 0.6) is 0 Å². The first-order chi connectivity index (χ1) is 9.24. The second-order valence-electron chi connectivity index (χ2n) is 4.53. The van der Waals surface area contributed by atoms with Crippen LogP contribution in [0.4, 0.5) is 0 Å². The highest BCUT2D eigenvalue weighted by Crippen LogP contribution is 2.39. The lowest BCUT2D eigenvalue weighted by Crippen LogP contribution is -1.76. The number of rotatable bonds is 0. The molecule has 3 aromatic carbocycles. The third kappa shape index (κ3) is 1.60. The Kier molecular flexibility index (Phi) is 2.38. The molecule has 0 aliphatic heterocycles. The van der Waals surface area contributed by atoms with E-state index in [9.17, 15) is 0 Å². The lowest BCUT2D eigenvalue weighted by Gasteiger charge is -2.01. The average molecular weight is 332 g/mol. The van der Waals surface area contributed by atoms with Crippen LogP contribution in [0.1, 0.15) is 0 Å². The fraction of sp³-hybridized carbons (Fsp3) is 0. The van der Waals surface area contributed by atoms with Crippen LogP contribution in [-0.4, -0.2) is 0 Å². The van der Waals surface area contributed by atoms with Crippen LogP contribution in [0.25, 0.3) is 32.7 Å². The van der Waals surface area contributed by atoms with Crippen molar-refractivity contribution in [1.29, 1.82) is 0 Å². The van der Waals surface area contributed by atoms with Gasteiger partial charge >= 0.3 is 0 Å². The molecule has 0 atom stereocenters. The Labute approximate surface area is 122 Å². The highest BCUT2D eigenvalue weighted by atomic mass is 79.9. The van der Waals surface area contributed by atoms with Crippen LogP contribution in [0, 0.1) is 0 Å². The molecular formula is C16H8BrClO. The van der Waals surface area contributed by atoms with Crippen molar-refractivity contribution in [2.75, 3.05) is 0 Å². The van der Waals surface area contributed by atoms with Crippen LogP contribution < -0.4 is 0 Å².